The maximum Gasteiger partial charge on any atom is 0.277 e. The zero-order chi connectivity index (χ0) is 20.5. The fourth-order valence-corrected chi connectivity index (χ4v) is 3.73. The van der Waals surface area contributed by atoms with Crippen molar-refractivity contribution in [2.45, 2.75) is 33.7 Å². The van der Waals surface area contributed by atoms with Gasteiger partial charge in [-0.2, -0.15) is 0 Å². The van der Waals surface area contributed by atoms with Crippen molar-refractivity contribution >= 4 is 16.9 Å². The second kappa shape index (κ2) is 7.47. The minimum absolute atomic E-state index is 0.115. The lowest BCUT2D eigenvalue weighted by atomic mass is 10.0. The van der Waals surface area contributed by atoms with Crippen LogP contribution in [0.3, 0.4) is 0 Å². The van der Waals surface area contributed by atoms with Crippen LogP contribution in [0.4, 0.5) is 5.69 Å². The van der Waals surface area contributed by atoms with Gasteiger partial charge in [-0.3, -0.25) is 10.1 Å². The summed E-state index contributed by atoms with van der Waals surface area (Å²) in [4.78, 5) is 20.5. The summed E-state index contributed by atoms with van der Waals surface area (Å²) in [7, 11) is 0. The number of nitro benzene ring substituents is 1. The lowest BCUT2D eigenvalue weighted by molar-refractivity contribution is -0.384. The summed E-state index contributed by atoms with van der Waals surface area (Å²) in [6.45, 7) is 6.82. The number of hydrogen-bond acceptors (Lipinski definition) is 4. The summed E-state index contributed by atoms with van der Waals surface area (Å²) >= 11 is 0. The van der Waals surface area contributed by atoms with Gasteiger partial charge >= 0.3 is 0 Å². The Morgan fingerprint density at radius 3 is 2.45 bits per heavy atom. The van der Waals surface area contributed by atoms with E-state index >= 15 is 0 Å². The molecule has 29 heavy (non-hydrogen) atoms. The Kier molecular flexibility index (Phi) is 4.84. The minimum atomic E-state index is -0.343. The largest absolute Gasteiger partial charge is 0.308 e. The van der Waals surface area contributed by atoms with Gasteiger partial charge in [-0.25, -0.2) is 9.97 Å². The molecule has 0 N–H and O–H groups in total. The smallest absolute Gasteiger partial charge is 0.277 e. The number of pyridine rings is 1. The molecular formula is C23H22N4O2. The number of benzene rings is 2. The molecule has 4 aromatic rings. The molecule has 2 heterocycles. The number of rotatable bonds is 5. The van der Waals surface area contributed by atoms with Crippen LogP contribution >= 0.6 is 0 Å². The van der Waals surface area contributed by atoms with Crippen molar-refractivity contribution < 1.29 is 4.92 Å². The second-order valence-electron chi connectivity index (χ2n) is 7.19. The molecule has 6 nitrogen and oxygen atoms in total. The highest BCUT2D eigenvalue weighted by molar-refractivity contribution is 5.76. The first-order chi connectivity index (χ1) is 14.0. The lowest BCUT2D eigenvalue weighted by Gasteiger charge is -2.10. The van der Waals surface area contributed by atoms with Crippen molar-refractivity contribution in [1.29, 1.82) is 0 Å². The SMILES string of the molecule is CCc1nc2c(C)cc(C)nc2n1Cc1ccc(-c2ccccc2[N+](=O)[O-])cc1. The number of nitro groups is 1. The molecule has 6 heteroatoms. The van der Waals surface area contributed by atoms with Crippen LogP contribution in [0.2, 0.25) is 0 Å². The first-order valence-electron chi connectivity index (χ1n) is 9.64. The van der Waals surface area contributed by atoms with Crippen LogP contribution in [-0.2, 0) is 13.0 Å². The van der Waals surface area contributed by atoms with Crippen LogP contribution in [0.1, 0.15) is 29.6 Å². The van der Waals surface area contributed by atoms with E-state index in [-0.39, 0.29) is 10.6 Å². The zero-order valence-corrected chi connectivity index (χ0v) is 16.7. The summed E-state index contributed by atoms with van der Waals surface area (Å²) in [6, 6.07) is 16.8. The first-order valence-corrected chi connectivity index (χ1v) is 9.64. The van der Waals surface area contributed by atoms with Crippen LogP contribution in [0, 0.1) is 24.0 Å². The average Bonchev–Trinajstić information content (AvgIpc) is 3.06. The number of fused-ring (bicyclic) bond motifs is 1. The number of imidazole rings is 1. The number of hydrogen-bond donors (Lipinski definition) is 0. The van der Waals surface area contributed by atoms with Crippen LogP contribution < -0.4 is 0 Å². The Labute approximate surface area is 169 Å². The Morgan fingerprint density at radius 2 is 1.76 bits per heavy atom. The number of aryl methyl sites for hydroxylation is 3. The Hall–Kier alpha value is -3.54. The summed E-state index contributed by atoms with van der Waals surface area (Å²) in [5, 5.41) is 11.3. The van der Waals surface area contributed by atoms with Gasteiger partial charge in [-0.1, -0.05) is 43.3 Å². The van der Waals surface area contributed by atoms with Gasteiger partial charge in [-0.05, 0) is 42.7 Å². The third-order valence-electron chi connectivity index (χ3n) is 5.12. The maximum atomic E-state index is 11.3. The molecule has 2 aromatic carbocycles. The Balaban J connectivity index is 1.71. The van der Waals surface area contributed by atoms with Crippen LogP contribution in [-0.4, -0.2) is 19.5 Å². The Bertz CT molecular complexity index is 1210. The van der Waals surface area contributed by atoms with Gasteiger partial charge in [0, 0.05) is 18.2 Å². The Morgan fingerprint density at radius 1 is 1.03 bits per heavy atom. The molecule has 4 rings (SSSR count). The van der Waals surface area contributed by atoms with Crippen molar-refractivity contribution in [3.63, 3.8) is 0 Å². The normalized spacial score (nSPS) is 11.1. The maximum absolute atomic E-state index is 11.3. The van der Waals surface area contributed by atoms with Gasteiger partial charge in [0.1, 0.15) is 11.3 Å². The van der Waals surface area contributed by atoms with Crippen molar-refractivity contribution in [3.8, 4) is 11.1 Å². The van der Waals surface area contributed by atoms with E-state index in [1.807, 2.05) is 37.3 Å². The van der Waals surface area contributed by atoms with E-state index in [9.17, 15) is 10.1 Å². The lowest BCUT2D eigenvalue weighted by Crippen LogP contribution is -2.05. The van der Waals surface area contributed by atoms with E-state index in [0.29, 0.717) is 12.1 Å². The molecule has 0 amide bonds. The molecule has 0 fully saturated rings. The van der Waals surface area contributed by atoms with Gasteiger partial charge in [0.2, 0.25) is 0 Å². The highest BCUT2D eigenvalue weighted by Crippen LogP contribution is 2.30. The highest BCUT2D eigenvalue weighted by atomic mass is 16.6. The summed E-state index contributed by atoms with van der Waals surface area (Å²) in [5.74, 6) is 1.00. The molecule has 0 bridgehead atoms. The minimum Gasteiger partial charge on any atom is -0.308 e. The van der Waals surface area contributed by atoms with Crippen molar-refractivity contribution in [1.82, 2.24) is 14.5 Å². The van der Waals surface area contributed by atoms with Crippen LogP contribution in [0.5, 0.6) is 0 Å². The van der Waals surface area contributed by atoms with Crippen molar-refractivity contribution in [3.05, 3.63) is 87.4 Å². The molecule has 146 valence electrons. The second-order valence-corrected chi connectivity index (χ2v) is 7.19. The van der Waals surface area contributed by atoms with Gasteiger partial charge in [0.25, 0.3) is 5.69 Å². The van der Waals surface area contributed by atoms with Crippen molar-refractivity contribution in [2.75, 3.05) is 0 Å². The van der Waals surface area contributed by atoms with E-state index in [4.69, 9.17) is 9.97 Å². The third-order valence-corrected chi connectivity index (χ3v) is 5.12. The quantitative estimate of drug-likeness (QED) is 0.347. The number of aromatic nitrogens is 3. The van der Waals surface area contributed by atoms with Gasteiger partial charge in [-0.15, -0.1) is 0 Å². The van der Waals surface area contributed by atoms with E-state index in [1.54, 1.807) is 12.1 Å². The summed E-state index contributed by atoms with van der Waals surface area (Å²) in [6.07, 6.45) is 0.823. The molecular weight excluding hydrogens is 364 g/mol. The average molecular weight is 386 g/mol. The first kappa shape index (κ1) is 18.8. The number of para-hydroxylation sites is 1. The molecule has 0 spiro atoms. The fraction of sp³-hybridized carbons (Fsp3) is 0.217. The molecule has 2 aromatic heterocycles. The van der Waals surface area contributed by atoms with E-state index in [1.165, 1.54) is 6.07 Å². The molecule has 0 saturated heterocycles. The van der Waals surface area contributed by atoms with Crippen molar-refractivity contribution in [2.24, 2.45) is 0 Å². The zero-order valence-electron chi connectivity index (χ0n) is 16.7. The van der Waals surface area contributed by atoms with Gasteiger partial charge in [0.05, 0.1) is 17.0 Å². The topological polar surface area (TPSA) is 73.8 Å². The van der Waals surface area contributed by atoms with Gasteiger partial charge in [0.15, 0.2) is 5.65 Å². The van der Waals surface area contributed by atoms with E-state index in [2.05, 4.69) is 24.5 Å². The third kappa shape index (κ3) is 3.49. The standard InChI is InChI=1S/C23H22N4O2/c1-4-21-25-22-15(2)13-16(3)24-23(22)26(21)14-17-9-11-18(12-10-17)19-7-5-6-8-20(19)27(28)29/h5-13H,4,14H2,1-3H3. The predicted molar refractivity (Wildman–Crippen MR) is 114 cm³/mol. The molecule has 0 aliphatic heterocycles. The van der Waals surface area contributed by atoms with E-state index < -0.39 is 0 Å². The monoisotopic (exact) mass is 386 g/mol. The summed E-state index contributed by atoms with van der Waals surface area (Å²) < 4.78 is 2.16. The molecule has 0 aliphatic carbocycles. The van der Waals surface area contributed by atoms with Gasteiger partial charge < -0.3 is 4.57 Å². The molecule has 0 aliphatic rings. The number of nitrogens with zero attached hydrogens (tertiary/aromatic N) is 4. The van der Waals surface area contributed by atoms with E-state index in [0.717, 1.165) is 45.8 Å². The van der Waals surface area contributed by atoms with Crippen LogP contribution in [0.25, 0.3) is 22.3 Å². The molecule has 0 atom stereocenters. The fourth-order valence-electron chi connectivity index (χ4n) is 3.73. The highest BCUT2D eigenvalue weighted by Gasteiger charge is 2.16. The molecule has 0 saturated carbocycles. The molecule has 0 radical (unpaired) electrons. The van der Waals surface area contributed by atoms with Crippen LogP contribution in [0.15, 0.2) is 54.6 Å². The summed E-state index contributed by atoms with van der Waals surface area (Å²) in [5.41, 5.74) is 6.63. The predicted octanol–water partition coefficient (Wildman–Crippen LogP) is 5.23. The molecule has 0 unspecified atom stereocenters.